The van der Waals surface area contributed by atoms with E-state index in [1.807, 2.05) is 31.2 Å². The fraction of sp³-hybridized carbons (Fsp3) is 0.316. The van der Waals surface area contributed by atoms with Gasteiger partial charge in [-0.05, 0) is 75.3 Å². The van der Waals surface area contributed by atoms with Crippen molar-refractivity contribution >= 4 is 23.0 Å². The van der Waals surface area contributed by atoms with Gasteiger partial charge in [0, 0.05) is 5.69 Å². The molecule has 0 radical (unpaired) electrons. The van der Waals surface area contributed by atoms with E-state index < -0.39 is 0 Å². The lowest BCUT2D eigenvalue weighted by Gasteiger charge is -2.19. The first-order chi connectivity index (χ1) is 11.0. The quantitative estimate of drug-likeness (QED) is 0.776. The molecule has 1 atom stereocenters. The van der Waals surface area contributed by atoms with Gasteiger partial charge in [0.25, 0.3) is 0 Å². The maximum atomic E-state index is 5.43. The van der Waals surface area contributed by atoms with Crippen molar-refractivity contribution in [3.63, 3.8) is 0 Å². The Morgan fingerprint density at radius 1 is 1.13 bits per heavy atom. The van der Waals surface area contributed by atoms with E-state index in [0.29, 0.717) is 11.7 Å². The monoisotopic (exact) mass is 328 g/mol. The summed E-state index contributed by atoms with van der Waals surface area (Å²) in [6.07, 6.45) is 0. The summed E-state index contributed by atoms with van der Waals surface area (Å²) in [7, 11) is 0. The van der Waals surface area contributed by atoms with E-state index >= 15 is 0 Å². The van der Waals surface area contributed by atoms with E-state index in [2.05, 4.69) is 49.6 Å². The van der Waals surface area contributed by atoms with Gasteiger partial charge in [0.15, 0.2) is 5.11 Å². The van der Waals surface area contributed by atoms with E-state index in [1.54, 1.807) is 0 Å². The third-order valence-electron chi connectivity index (χ3n) is 3.66. The van der Waals surface area contributed by atoms with E-state index in [1.165, 1.54) is 16.7 Å². The molecule has 0 bridgehead atoms. The van der Waals surface area contributed by atoms with Crippen LogP contribution < -0.4 is 15.4 Å². The molecule has 4 heteroatoms. The van der Waals surface area contributed by atoms with Gasteiger partial charge < -0.3 is 15.4 Å². The van der Waals surface area contributed by atoms with Gasteiger partial charge in [-0.2, -0.15) is 0 Å². The predicted molar refractivity (Wildman–Crippen MR) is 101 cm³/mol. The Bertz CT molecular complexity index is 668. The molecule has 0 aliphatic carbocycles. The highest BCUT2D eigenvalue weighted by molar-refractivity contribution is 7.80. The standard InChI is InChI=1S/C19H24N2OS/c1-5-22-17-9-7-16(8-10-17)21-19(23)20-15(4)18-11-6-13(2)12-14(18)3/h6-12,15H,5H2,1-4H3,(H2,20,21,23)/t15-/m0/s1. The molecule has 0 saturated carbocycles. The molecule has 3 nitrogen and oxygen atoms in total. The fourth-order valence-corrected chi connectivity index (χ4v) is 2.85. The van der Waals surface area contributed by atoms with Crippen molar-refractivity contribution in [1.82, 2.24) is 5.32 Å². The SMILES string of the molecule is CCOc1ccc(NC(=S)N[C@@H](C)c2ccc(C)cc2C)cc1. The number of ether oxygens (including phenoxy) is 1. The number of thiocarbonyl (C=S) groups is 1. The Balaban J connectivity index is 1.95. The average Bonchev–Trinajstić information content (AvgIpc) is 2.49. The van der Waals surface area contributed by atoms with Crippen LogP contribution in [0.3, 0.4) is 0 Å². The van der Waals surface area contributed by atoms with Gasteiger partial charge in [-0.3, -0.25) is 0 Å². The number of anilines is 1. The van der Waals surface area contributed by atoms with Crippen LogP contribution in [0.4, 0.5) is 5.69 Å². The molecular weight excluding hydrogens is 304 g/mol. The topological polar surface area (TPSA) is 33.3 Å². The lowest BCUT2D eigenvalue weighted by Crippen LogP contribution is -2.31. The van der Waals surface area contributed by atoms with Crippen LogP contribution in [0.15, 0.2) is 42.5 Å². The van der Waals surface area contributed by atoms with E-state index in [9.17, 15) is 0 Å². The van der Waals surface area contributed by atoms with Gasteiger partial charge in [0.2, 0.25) is 0 Å². The van der Waals surface area contributed by atoms with Gasteiger partial charge in [0.05, 0.1) is 12.6 Å². The Morgan fingerprint density at radius 2 is 1.83 bits per heavy atom. The second-order valence-corrected chi connectivity index (χ2v) is 6.05. The van der Waals surface area contributed by atoms with Crippen molar-refractivity contribution in [2.24, 2.45) is 0 Å². The van der Waals surface area contributed by atoms with Crippen LogP contribution in [0, 0.1) is 13.8 Å². The maximum absolute atomic E-state index is 5.43. The number of hydrogen-bond donors (Lipinski definition) is 2. The predicted octanol–water partition coefficient (Wildman–Crippen LogP) is 4.75. The third-order valence-corrected chi connectivity index (χ3v) is 3.88. The van der Waals surface area contributed by atoms with E-state index in [0.717, 1.165) is 11.4 Å². The van der Waals surface area contributed by atoms with Crippen LogP contribution in [-0.2, 0) is 0 Å². The molecule has 0 aliphatic heterocycles. The summed E-state index contributed by atoms with van der Waals surface area (Å²) in [5.41, 5.74) is 4.74. The molecule has 0 aromatic heterocycles. The highest BCUT2D eigenvalue weighted by Crippen LogP contribution is 2.19. The van der Waals surface area contributed by atoms with Gasteiger partial charge in [-0.15, -0.1) is 0 Å². The Hall–Kier alpha value is -2.07. The third kappa shape index (κ3) is 4.96. The van der Waals surface area contributed by atoms with Crippen molar-refractivity contribution in [3.8, 4) is 5.75 Å². The number of rotatable bonds is 5. The summed E-state index contributed by atoms with van der Waals surface area (Å²) in [4.78, 5) is 0. The highest BCUT2D eigenvalue weighted by atomic mass is 32.1. The molecule has 0 aliphatic rings. The zero-order valence-electron chi connectivity index (χ0n) is 14.1. The Morgan fingerprint density at radius 3 is 2.43 bits per heavy atom. The summed E-state index contributed by atoms with van der Waals surface area (Å²) in [6, 6.07) is 14.4. The van der Waals surface area contributed by atoms with Crippen LogP contribution in [0.25, 0.3) is 0 Å². The van der Waals surface area contributed by atoms with Crippen molar-refractivity contribution in [3.05, 3.63) is 59.2 Å². The number of hydrogen-bond acceptors (Lipinski definition) is 2. The zero-order valence-corrected chi connectivity index (χ0v) is 15.0. The highest BCUT2D eigenvalue weighted by Gasteiger charge is 2.10. The molecule has 0 amide bonds. The van der Waals surface area contributed by atoms with Crippen LogP contribution in [0.2, 0.25) is 0 Å². The summed E-state index contributed by atoms with van der Waals surface area (Å²) < 4.78 is 5.43. The molecule has 122 valence electrons. The summed E-state index contributed by atoms with van der Waals surface area (Å²) in [6.45, 7) is 8.99. The number of nitrogens with one attached hydrogen (secondary N) is 2. The summed E-state index contributed by atoms with van der Waals surface area (Å²) in [5, 5.41) is 7.15. The lowest BCUT2D eigenvalue weighted by atomic mass is 10.0. The van der Waals surface area contributed by atoms with E-state index in [4.69, 9.17) is 17.0 Å². The number of aryl methyl sites for hydroxylation is 2. The van der Waals surface area contributed by atoms with Gasteiger partial charge in [0.1, 0.15) is 5.75 Å². The molecule has 0 fully saturated rings. The van der Waals surface area contributed by atoms with Crippen LogP contribution in [0.1, 0.15) is 36.6 Å². The van der Waals surface area contributed by atoms with Crippen LogP contribution in [0.5, 0.6) is 5.75 Å². The molecule has 2 aromatic carbocycles. The maximum Gasteiger partial charge on any atom is 0.171 e. The normalized spacial score (nSPS) is 11.7. The van der Waals surface area contributed by atoms with Crippen molar-refractivity contribution in [2.75, 3.05) is 11.9 Å². The molecule has 0 unspecified atom stereocenters. The first kappa shape index (κ1) is 17.3. The molecule has 0 saturated heterocycles. The molecule has 0 spiro atoms. The Labute approximate surface area is 144 Å². The van der Waals surface area contributed by atoms with Crippen molar-refractivity contribution < 1.29 is 4.74 Å². The largest absolute Gasteiger partial charge is 0.494 e. The lowest BCUT2D eigenvalue weighted by molar-refractivity contribution is 0.340. The average molecular weight is 328 g/mol. The van der Waals surface area contributed by atoms with Crippen LogP contribution >= 0.6 is 12.2 Å². The van der Waals surface area contributed by atoms with Crippen molar-refractivity contribution in [1.29, 1.82) is 0 Å². The summed E-state index contributed by atoms with van der Waals surface area (Å²) >= 11 is 5.41. The van der Waals surface area contributed by atoms with E-state index in [-0.39, 0.29) is 6.04 Å². The fourth-order valence-electron chi connectivity index (χ4n) is 2.55. The van der Waals surface area contributed by atoms with Gasteiger partial charge >= 0.3 is 0 Å². The second kappa shape index (κ2) is 7.97. The molecular formula is C19H24N2OS. The van der Waals surface area contributed by atoms with Crippen LogP contribution in [-0.4, -0.2) is 11.7 Å². The minimum atomic E-state index is 0.151. The van der Waals surface area contributed by atoms with Crippen molar-refractivity contribution in [2.45, 2.75) is 33.7 Å². The van der Waals surface area contributed by atoms with Gasteiger partial charge in [-0.1, -0.05) is 23.8 Å². The zero-order chi connectivity index (χ0) is 16.8. The first-order valence-electron chi connectivity index (χ1n) is 7.87. The minimum absolute atomic E-state index is 0.151. The Kier molecular flexibility index (Phi) is 5.99. The summed E-state index contributed by atoms with van der Waals surface area (Å²) in [5.74, 6) is 0.862. The molecule has 2 rings (SSSR count). The second-order valence-electron chi connectivity index (χ2n) is 5.64. The molecule has 2 aromatic rings. The molecule has 2 N–H and O–H groups in total. The number of benzene rings is 2. The molecule has 23 heavy (non-hydrogen) atoms. The minimum Gasteiger partial charge on any atom is -0.494 e. The first-order valence-corrected chi connectivity index (χ1v) is 8.28. The molecule has 0 heterocycles. The smallest absolute Gasteiger partial charge is 0.171 e. The van der Waals surface area contributed by atoms with Gasteiger partial charge in [-0.25, -0.2) is 0 Å².